The molecule has 0 saturated carbocycles. The molecular formula is C79H94N10O23. The second-order valence-electron chi connectivity index (χ2n) is 26.7. The Balaban J connectivity index is 0.000000242. The summed E-state index contributed by atoms with van der Waals surface area (Å²) >= 11 is 0. The molecule has 7 aliphatic heterocycles. The van der Waals surface area contributed by atoms with Gasteiger partial charge in [-0.3, -0.25) is 77.1 Å². The van der Waals surface area contributed by atoms with E-state index in [2.05, 4.69) is 19.1 Å². The number of carbonyl (C=O) groups is 17. The van der Waals surface area contributed by atoms with Gasteiger partial charge < -0.3 is 55.4 Å². The summed E-state index contributed by atoms with van der Waals surface area (Å²) in [7, 11) is 12.4. The fourth-order valence-electron chi connectivity index (χ4n) is 13.0. The number of amides is 10. The zero-order valence-corrected chi connectivity index (χ0v) is 62.0. The molecule has 10 amide bonds. The van der Waals surface area contributed by atoms with Gasteiger partial charge in [-0.15, -0.1) is 5.06 Å². The third-order valence-electron chi connectivity index (χ3n) is 18.4. The molecule has 6 aromatic rings. The van der Waals surface area contributed by atoms with Gasteiger partial charge in [-0.1, -0.05) is 27.7 Å². The Labute approximate surface area is 645 Å². The van der Waals surface area contributed by atoms with Crippen molar-refractivity contribution < 1.29 is 111 Å². The molecule has 0 aromatic heterocycles. The van der Waals surface area contributed by atoms with Crippen LogP contribution in [0.4, 0.5) is 0 Å². The van der Waals surface area contributed by atoms with Crippen LogP contribution in [-0.2, 0) is 43.0 Å². The summed E-state index contributed by atoms with van der Waals surface area (Å²) in [5.41, 5.74) is 13.3. The Hall–Kier alpha value is -11.8. The maximum absolute atomic E-state index is 13.4. The average Bonchev–Trinajstić information content (AvgIpc) is 0.830. The molecule has 7 aliphatic rings. The van der Waals surface area contributed by atoms with Gasteiger partial charge in [-0.2, -0.15) is 0 Å². The standard InChI is InChI=1S/C28H28N4O8.C24H25N3O6.C14H4O6.C6H13NO2.C4H12N2.CH4O.2CH4/c1-29(2)14-15-31-27(38)18-9-7-16-23-17(8-10-19(24(18)23)28(31)39)26(37)30(25(16)36)13-5-3-4-6-22(35)40-32-20(33)11-12-21(32)34;1-25(2)12-13-27-23(32)16-9-7-14-19-15(8-10-17(20(16)19)24(27)33)22(31)26(21(14)30)11-5-3-4-6-18(28)29;15-11-5-1-2-6-10-8(14(18)20-12(6)16)4-3-7(9(5)10)13(17)19-11;7-4-2-1-3-5-9-6-8;1-6(2)4-3-5;1-2;;/h7-10H,3-6,11-15H2,1-2H3;7-10H,3-6,11-13H2,1-2H3,(H,28,29);1-4H;6H,1-5,7H2;3-5H2,1-2H3;2H,1H3;2*1H4. The van der Waals surface area contributed by atoms with E-state index < -0.39 is 94.9 Å². The van der Waals surface area contributed by atoms with Crippen LogP contribution in [0.5, 0.6) is 0 Å². The number of aliphatic carboxylic acids is 1. The van der Waals surface area contributed by atoms with Gasteiger partial charge in [0.2, 0.25) is 0 Å². The van der Waals surface area contributed by atoms with Gasteiger partial charge >= 0.3 is 35.8 Å². The first-order valence-corrected chi connectivity index (χ1v) is 35.5. The van der Waals surface area contributed by atoms with E-state index >= 15 is 0 Å². The van der Waals surface area contributed by atoms with Crippen molar-refractivity contribution in [3.63, 3.8) is 0 Å². The number of benzene rings is 6. The number of aliphatic hydroxyl groups is 1. The zero-order valence-electron chi connectivity index (χ0n) is 62.0. The van der Waals surface area contributed by atoms with Gasteiger partial charge in [-0.05, 0) is 167 Å². The molecule has 13 rings (SSSR count). The van der Waals surface area contributed by atoms with Crippen molar-refractivity contribution in [2.75, 3.05) is 115 Å². The second kappa shape index (κ2) is 40.3. The molecule has 1 fully saturated rings. The van der Waals surface area contributed by atoms with Gasteiger partial charge in [0.05, 0.1) is 28.9 Å². The van der Waals surface area contributed by atoms with Crippen molar-refractivity contribution in [3.05, 3.63) is 140 Å². The predicted octanol–water partition coefficient (Wildman–Crippen LogP) is 6.14. The van der Waals surface area contributed by atoms with Crippen LogP contribution in [0.25, 0.3) is 32.3 Å². The first-order chi connectivity index (χ1) is 52.6. The highest BCUT2D eigenvalue weighted by Gasteiger charge is 2.43. The Bertz CT molecular complexity index is 4440. The Morgan fingerprint density at radius 1 is 0.393 bits per heavy atom. The quantitative estimate of drug-likeness (QED) is 0.0112. The molecule has 33 nitrogen and oxygen atoms in total. The van der Waals surface area contributed by atoms with Crippen LogP contribution in [0.3, 0.4) is 0 Å². The average molecular weight is 1550 g/mol. The van der Waals surface area contributed by atoms with Gasteiger partial charge in [0.1, 0.15) is 0 Å². The SMILES string of the molecule is C.C.CN(C)CCN.CN(C)CCN1C(=O)c2ccc3c4c(ccc(c24)C1=O)C(=O)N(CCCCCC(=O)O)C3=O.CN(C)CCN1C(=O)c2ccc3c4c(ccc(c24)C1=O)C(=O)N(CCCCCC(=O)ON1C(=O)CCC1=O)C3=O.CO.NCCCCCOC=O.O=C1OC(=O)c2ccc3c4c(ccc1c24)C(=O)OC3=O. The fourth-order valence-corrected chi connectivity index (χ4v) is 13.0. The van der Waals surface area contributed by atoms with E-state index in [1.54, 1.807) is 24.3 Å². The van der Waals surface area contributed by atoms with E-state index in [-0.39, 0.29) is 133 Å². The first-order valence-electron chi connectivity index (χ1n) is 35.5. The molecule has 0 unspecified atom stereocenters. The Morgan fingerprint density at radius 3 is 0.938 bits per heavy atom. The number of likely N-dealkylation sites (N-methyl/N-ethyl adjacent to an activating group) is 3. The van der Waals surface area contributed by atoms with Gasteiger partial charge in [-0.25, -0.2) is 24.0 Å². The van der Waals surface area contributed by atoms with Crippen molar-refractivity contribution >= 4 is 134 Å². The highest BCUT2D eigenvalue weighted by atomic mass is 16.7. The maximum Gasteiger partial charge on any atom is 0.346 e. The predicted molar refractivity (Wildman–Crippen MR) is 406 cm³/mol. The number of rotatable bonds is 27. The Morgan fingerprint density at radius 2 is 0.670 bits per heavy atom. The monoisotopic (exact) mass is 1550 g/mol. The second-order valence-corrected chi connectivity index (χ2v) is 26.7. The maximum atomic E-state index is 13.4. The van der Waals surface area contributed by atoms with Crippen LogP contribution in [0.1, 0.15) is 223 Å². The number of nitrogens with two attached hydrogens (primary N) is 2. The van der Waals surface area contributed by atoms with Crippen LogP contribution in [0.2, 0.25) is 0 Å². The lowest BCUT2D eigenvalue weighted by molar-refractivity contribution is -0.197. The molecule has 6 N–H and O–H groups in total. The molecule has 7 heterocycles. The molecule has 0 radical (unpaired) electrons. The van der Waals surface area contributed by atoms with Crippen molar-refractivity contribution in [3.8, 4) is 0 Å². The summed E-state index contributed by atoms with van der Waals surface area (Å²) in [4.78, 5) is 223. The number of hydrogen-bond donors (Lipinski definition) is 4. The highest BCUT2D eigenvalue weighted by molar-refractivity contribution is 6.35. The minimum absolute atomic E-state index is 0. The molecule has 112 heavy (non-hydrogen) atoms. The summed E-state index contributed by atoms with van der Waals surface area (Å²) < 4.78 is 13.7. The molecule has 0 spiro atoms. The number of nitrogens with zero attached hydrogens (tertiary/aromatic N) is 8. The molecular weight excluding hydrogens is 1460 g/mol. The van der Waals surface area contributed by atoms with Crippen molar-refractivity contribution in [1.82, 2.24) is 39.4 Å². The minimum atomic E-state index is -0.877. The number of esters is 4. The third kappa shape index (κ3) is 19.5. The number of carbonyl (C=O) groups excluding carboxylic acids is 16. The summed E-state index contributed by atoms with van der Waals surface area (Å²) in [5, 5.41) is 18.2. The number of ether oxygens (including phenoxy) is 3. The third-order valence-corrected chi connectivity index (χ3v) is 18.4. The van der Waals surface area contributed by atoms with Gasteiger partial charge in [0, 0.05) is 162 Å². The number of unbranched alkanes of at least 4 members (excludes halogenated alkanes) is 6. The lowest BCUT2D eigenvalue weighted by Gasteiger charge is -2.32. The fraction of sp³-hybridized carbons (Fsp3) is 0.405. The number of carboxylic acids is 1. The highest BCUT2D eigenvalue weighted by Crippen LogP contribution is 2.41. The summed E-state index contributed by atoms with van der Waals surface area (Å²) in [5.74, 6) is -9.58. The first kappa shape index (κ1) is 89.1. The summed E-state index contributed by atoms with van der Waals surface area (Å²) in [6.07, 6.45) is 5.87. The minimum Gasteiger partial charge on any atom is -0.481 e. The van der Waals surface area contributed by atoms with Gasteiger partial charge in [0.25, 0.3) is 65.5 Å². The lowest BCUT2D eigenvalue weighted by atomic mass is 9.86. The van der Waals surface area contributed by atoms with E-state index in [4.69, 9.17) is 26.5 Å². The normalized spacial score (nSPS) is 14.7. The van der Waals surface area contributed by atoms with Crippen LogP contribution in [0, 0.1) is 0 Å². The summed E-state index contributed by atoms with van der Waals surface area (Å²) in [6, 6.07) is 17.9. The number of imide groups is 5. The number of aliphatic hydroxyl groups excluding tert-OH is 1. The molecule has 0 atom stereocenters. The van der Waals surface area contributed by atoms with E-state index in [1.165, 1.54) is 58.3 Å². The van der Waals surface area contributed by atoms with E-state index in [1.807, 2.05) is 52.1 Å². The van der Waals surface area contributed by atoms with E-state index in [0.29, 0.717) is 102 Å². The van der Waals surface area contributed by atoms with Crippen molar-refractivity contribution in [2.24, 2.45) is 11.5 Å². The van der Waals surface area contributed by atoms with Crippen LogP contribution in [0.15, 0.2) is 72.8 Å². The largest absolute Gasteiger partial charge is 0.481 e. The number of hydroxylamine groups is 2. The topological polar surface area (TPSA) is 446 Å². The van der Waals surface area contributed by atoms with Crippen molar-refractivity contribution in [2.45, 2.75) is 98.3 Å². The van der Waals surface area contributed by atoms with Crippen LogP contribution >= 0.6 is 0 Å². The van der Waals surface area contributed by atoms with Gasteiger partial charge in [0.15, 0.2) is 0 Å². The Kier molecular flexibility index (Phi) is 32.1. The number of carboxylic acid groups (broad SMARTS) is 1. The van der Waals surface area contributed by atoms with Crippen LogP contribution in [-0.4, -0.2) is 266 Å². The molecule has 33 heteroatoms. The van der Waals surface area contributed by atoms with Crippen LogP contribution < -0.4 is 11.5 Å². The van der Waals surface area contributed by atoms with Crippen molar-refractivity contribution in [1.29, 1.82) is 0 Å². The molecule has 598 valence electrons. The zero-order chi connectivity index (χ0) is 80.5. The van der Waals surface area contributed by atoms with E-state index in [9.17, 15) is 81.5 Å². The molecule has 0 bridgehead atoms. The molecule has 1 saturated heterocycles. The lowest BCUT2D eigenvalue weighted by Crippen LogP contribution is -2.45. The van der Waals surface area contributed by atoms with E-state index in [0.717, 1.165) is 55.8 Å². The number of hydrogen-bond acceptors (Lipinski definition) is 27. The number of cyclic esters (lactones) is 4. The summed E-state index contributed by atoms with van der Waals surface area (Å²) in [6.45, 7) is 5.23. The molecule has 6 aromatic carbocycles. The smallest absolute Gasteiger partial charge is 0.346 e. The molecule has 0 aliphatic carbocycles.